The van der Waals surface area contributed by atoms with Crippen LogP contribution in [0, 0.1) is 0 Å². The Hall–Kier alpha value is -3.10. The van der Waals surface area contributed by atoms with E-state index in [0.717, 1.165) is 37.5 Å². The van der Waals surface area contributed by atoms with E-state index in [2.05, 4.69) is 25.4 Å². The maximum atomic E-state index is 12.6. The number of ether oxygens (including phenoxy) is 1. The van der Waals surface area contributed by atoms with E-state index in [1.807, 2.05) is 13.0 Å². The number of aromatic nitrogens is 3. The number of nitrogens with one attached hydrogen (secondary N) is 2. The number of amides is 3. The molecule has 0 aliphatic carbocycles. The number of fused-ring (bicyclic) bond motifs is 1. The summed E-state index contributed by atoms with van der Waals surface area (Å²) in [4.78, 5) is 25.9. The van der Waals surface area contributed by atoms with Crippen LogP contribution in [0.25, 0.3) is 0 Å². The van der Waals surface area contributed by atoms with Crippen LogP contribution in [0.2, 0.25) is 0 Å². The fourth-order valence-electron chi connectivity index (χ4n) is 3.82. The molecule has 1 aromatic heterocycles. The fourth-order valence-corrected chi connectivity index (χ4v) is 3.82. The number of benzene rings is 1. The molecule has 3 amide bonds. The molecule has 29 heavy (non-hydrogen) atoms. The number of carbonyl (C=O) groups is 2. The van der Waals surface area contributed by atoms with Crippen LogP contribution in [0.15, 0.2) is 24.3 Å². The Morgan fingerprint density at radius 2 is 2.14 bits per heavy atom. The molecule has 2 aliphatic rings. The number of anilines is 2. The van der Waals surface area contributed by atoms with E-state index in [-0.39, 0.29) is 18.2 Å². The van der Waals surface area contributed by atoms with Crippen molar-refractivity contribution in [3.05, 3.63) is 35.9 Å². The Labute approximate surface area is 169 Å². The predicted molar refractivity (Wildman–Crippen MR) is 108 cm³/mol. The maximum Gasteiger partial charge on any atom is 0.414 e. The molecule has 1 unspecified atom stereocenters. The van der Waals surface area contributed by atoms with Crippen molar-refractivity contribution in [3.63, 3.8) is 0 Å². The van der Waals surface area contributed by atoms with Gasteiger partial charge in [-0.3, -0.25) is 4.90 Å². The van der Waals surface area contributed by atoms with Gasteiger partial charge in [0.15, 0.2) is 5.82 Å². The molecule has 9 heteroatoms. The van der Waals surface area contributed by atoms with Crippen LogP contribution in [-0.4, -0.2) is 40.0 Å². The third-order valence-electron chi connectivity index (χ3n) is 5.34. The lowest BCUT2D eigenvalue weighted by atomic mass is 10.2. The molecule has 4 rings (SSSR count). The first-order valence-corrected chi connectivity index (χ1v) is 10.2. The Kier molecular flexibility index (Phi) is 5.64. The van der Waals surface area contributed by atoms with Gasteiger partial charge in [-0.2, -0.15) is 0 Å². The Morgan fingerprint density at radius 1 is 1.24 bits per heavy atom. The van der Waals surface area contributed by atoms with Crippen LogP contribution < -0.4 is 15.5 Å². The van der Waals surface area contributed by atoms with E-state index in [1.54, 1.807) is 23.1 Å². The summed E-state index contributed by atoms with van der Waals surface area (Å²) in [5, 5.41) is 14.6. The second-order valence-corrected chi connectivity index (χ2v) is 7.31. The van der Waals surface area contributed by atoms with Gasteiger partial charge in [0.2, 0.25) is 0 Å². The lowest BCUT2D eigenvalue weighted by Gasteiger charge is -2.19. The second-order valence-electron chi connectivity index (χ2n) is 7.31. The summed E-state index contributed by atoms with van der Waals surface area (Å²) in [6.07, 6.45) is 4.70. The number of nitrogens with zero attached hydrogens (tertiary/aromatic N) is 4. The van der Waals surface area contributed by atoms with Gasteiger partial charge in [0.25, 0.3) is 0 Å². The Balaban J connectivity index is 1.44. The lowest BCUT2D eigenvalue weighted by Crippen LogP contribution is -2.34. The number of cyclic esters (lactones) is 1. The van der Waals surface area contributed by atoms with E-state index in [1.165, 1.54) is 6.42 Å². The molecular formula is C20H26N6O3. The molecule has 0 saturated carbocycles. The molecule has 9 nitrogen and oxygen atoms in total. The molecule has 2 N–H and O–H groups in total. The highest BCUT2D eigenvalue weighted by Gasteiger charge is 2.25. The van der Waals surface area contributed by atoms with Crippen LogP contribution in [0.5, 0.6) is 0 Å². The van der Waals surface area contributed by atoms with E-state index < -0.39 is 0 Å². The molecule has 0 radical (unpaired) electrons. The average Bonchev–Trinajstić information content (AvgIpc) is 3.25. The number of urea groups is 1. The molecule has 2 aliphatic heterocycles. The van der Waals surface area contributed by atoms with Crippen LogP contribution in [0.3, 0.4) is 0 Å². The molecule has 1 saturated heterocycles. The Bertz CT molecular complexity index is 896. The van der Waals surface area contributed by atoms with Gasteiger partial charge in [0.05, 0.1) is 12.6 Å². The quantitative estimate of drug-likeness (QED) is 0.805. The molecule has 1 atom stereocenters. The van der Waals surface area contributed by atoms with Crippen molar-refractivity contribution in [3.8, 4) is 0 Å². The third-order valence-corrected chi connectivity index (χ3v) is 5.34. The average molecular weight is 398 g/mol. The zero-order valence-electron chi connectivity index (χ0n) is 16.6. The van der Waals surface area contributed by atoms with Crippen molar-refractivity contribution in [2.24, 2.45) is 0 Å². The first kappa shape index (κ1) is 19.2. The predicted octanol–water partition coefficient (Wildman–Crippen LogP) is 3.23. The van der Waals surface area contributed by atoms with E-state index in [9.17, 15) is 9.59 Å². The molecular weight excluding hydrogens is 372 g/mol. The van der Waals surface area contributed by atoms with Crippen LogP contribution in [-0.2, 0) is 17.7 Å². The van der Waals surface area contributed by atoms with Gasteiger partial charge >= 0.3 is 12.1 Å². The summed E-state index contributed by atoms with van der Waals surface area (Å²) < 4.78 is 7.13. The molecule has 1 aromatic carbocycles. The summed E-state index contributed by atoms with van der Waals surface area (Å²) in [5.74, 6) is 1.82. The van der Waals surface area contributed by atoms with Crippen LogP contribution >= 0.6 is 0 Å². The van der Waals surface area contributed by atoms with Gasteiger partial charge in [-0.15, -0.1) is 10.2 Å². The van der Waals surface area contributed by atoms with Crippen molar-refractivity contribution >= 4 is 23.5 Å². The number of rotatable bonds is 5. The molecule has 0 bridgehead atoms. The topological polar surface area (TPSA) is 101 Å². The summed E-state index contributed by atoms with van der Waals surface area (Å²) in [7, 11) is 0. The minimum atomic E-state index is -0.370. The number of carbonyl (C=O) groups excluding carboxylic acids is 2. The highest BCUT2D eigenvalue weighted by molar-refractivity contribution is 5.93. The number of hydrogen-bond donors (Lipinski definition) is 2. The first-order chi connectivity index (χ1) is 14.2. The van der Waals surface area contributed by atoms with E-state index >= 15 is 0 Å². The van der Waals surface area contributed by atoms with Gasteiger partial charge < -0.3 is 19.9 Å². The highest BCUT2D eigenvalue weighted by Crippen LogP contribution is 2.23. The molecule has 1 fully saturated rings. The normalized spacial score (nSPS) is 17.3. The number of hydrogen-bond acceptors (Lipinski definition) is 5. The smallest absolute Gasteiger partial charge is 0.414 e. The largest absolute Gasteiger partial charge is 0.447 e. The van der Waals surface area contributed by atoms with E-state index in [0.29, 0.717) is 30.9 Å². The molecule has 0 spiro atoms. The maximum absolute atomic E-state index is 12.6. The third kappa shape index (κ3) is 4.18. The summed E-state index contributed by atoms with van der Waals surface area (Å²) >= 11 is 0. The van der Waals surface area contributed by atoms with Crippen molar-refractivity contribution < 1.29 is 14.3 Å². The first-order valence-electron chi connectivity index (χ1n) is 10.2. The zero-order chi connectivity index (χ0) is 20.2. The SMILES string of the molecule is CCC(NC(=O)Nc1cccc(N2CCOC2=O)c1)c1nnc2n1CCCCC2. The highest BCUT2D eigenvalue weighted by atomic mass is 16.6. The van der Waals surface area contributed by atoms with Crippen molar-refractivity contribution in [2.45, 2.75) is 51.6 Å². The van der Waals surface area contributed by atoms with Gasteiger partial charge in [-0.25, -0.2) is 9.59 Å². The van der Waals surface area contributed by atoms with Crippen molar-refractivity contribution in [1.29, 1.82) is 0 Å². The van der Waals surface area contributed by atoms with Crippen molar-refractivity contribution in [2.75, 3.05) is 23.4 Å². The minimum absolute atomic E-state index is 0.217. The molecule has 2 aromatic rings. The van der Waals surface area contributed by atoms with Crippen LogP contribution in [0.4, 0.5) is 21.0 Å². The van der Waals surface area contributed by atoms with Crippen LogP contribution in [0.1, 0.15) is 50.3 Å². The monoisotopic (exact) mass is 398 g/mol. The summed E-state index contributed by atoms with van der Waals surface area (Å²) in [6, 6.07) is 6.63. The van der Waals surface area contributed by atoms with E-state index in [4.69, 9.17) is 4.74 Å². The Morgan fingerprint density at radius 3 is 2.93 bits per heavy atom. The molecule has 154 valence electrons. The lowest BCUT2D eigenvalue weighted by molar-refractivity contribution is 0.181. The number of aryl methyl sites for hydroxylation is 1. The van der Waals surface area contributed by atoms with Gasteiger partial charge in [-0.1, -0.05) is 19.4 Å². The fraction of sp³-hybridized carbons (Fsp3) is 0.500. The van der Waals surface area contributed by atoms with Gasteiger partial charge in [0, 0.05) is 24.3 Å². The van der Waals surface area contributed by atoms with Crippen molar-refractivity contribution in [1.82, 2.24) is 20.1 Å². The molecule has 3 heterocycles. The standard InChI is InChI=1S/C20H26N6O3/c1-2-16(18-24-23-17-9-4-3-5-10-26(17)18)22-19(27)21-14-7-6-8-15(13-14)25-11-12-29-20(25)28/h6-8,13,16H,2-5,9-12H2,1H3,(H2,21,22,27). The summed E-state index contributed by atoms with van der Waals surface area (Å²) in [5.41, 5.74) is 1.30. The van der Waals surface area contributed by atoms with Gasteiger partial charge in [0.1, 0.15) is 12.4 Å². The second kappa shape index (κ2) is 8.50. The minimum Gasteiger partial charge on any atom is -0.447 e. The van der Waals surface area contributed by atoms with Gasteiger partial charge in [-0.05, 0) is 37.5 Å². The zero-order valence-corrected chi connectivity index (χ0v) is 16.6. The summed E-state index contributed by atoms with van der Waals surface area (Å²) in [6.45, 7) is 3.79.